The summed E-state index contributed by atoms with van der Waals surface area (Å²) in [5.74, 6) is -0.667. The average molecular weight is 561 g/mol. The van der Waals surface area contributed by atoms with Crippen molar-refractivity contribution in [1.82, 2.24) is 9.80 Å². The molecule has 2 spiro atoms. The van der Waals surface area contributed by atoms with E-state index in [2.05, 4.69) is 0 Å². The van der Waals surface area contributed by atoms with Gasteiger partial charge in [-0.2, -0.15) is 0 Å². The minimum atomic E-state index is -1.05. The molecule has 9 aliphatic rings. The van der Waals surface area contributed by atoms with Crippen LogP contribution < -0.4 is 0 Å². The molecule has 9 rings (SSSR count). The Morgan fingerprint density at radius 1 is 0.816 bits per heavy atom. The van der Waals surface area contributed by atoms with Gasteiger partial charge in [0.1, 0.15) is 36.6 Å². The number of amides is 2. The summed E-state index contributed by atoms with van der Waals surface area (Å²) in [5.41, 5.74) is 1.88. The summed E-state index contributed by atoms with van der Waals surface area (Å²) in [6.45, 7) is 3.85. The lowest BCUT2D eigenvalue weighted by molar-refractivity contribution is -0.166. The molecule has 2 aliphatic carbocycles. The van der Waals surface area contributed by atoms with Crippen molar-refractivity contribution in [2.45, 2.75) is 111 Å². The Balaban J connectivity index is 1.12. The molecule has 38 heavy (non-hydrogen) atoms. The molecule has 0 saturated carbocycles. The molecule has 7 heterocycles. The number of hydrogen-bond acceptors (Lipinski definition) is 10. The van der Waals surface area contributed by atoms with Crippen LogP contribution in [-0.4, -0.2) is 92.0 Å². The predicted molar refractivity (Wildman–Crippen MR) is 134 cm³/mol. The zero-order valence-electron chi connectivity index (χ0n) is 21.0. The second-order valence-corrected chi connectivity index (χ2v) is 14.0. The molecule has 2 bridgehead atoms. The van der Waals surface area contributed by atoms with E-state index < -0.39 is 21.9 Å². The van der Waals surface area contributed by atoms with Gasteiger partial charge in [0.2, 0.25) is 0 Å². The summed E-state index contributed by atoms with van der Waals surface area (Å²) in [6.07, 6.45) is 4.61. The van der Waals surface area contributed by atoms with Crippen molar-refractivity contribution >= 4 is 45.3 Å². The van der Waals surface area contributed by atoms with Crippen LogP contribution in [0.3, 0.4) is 0 Å². The Hall–Kier alpha value is -2.02. The molecular weight excluding hydrogens is 532 g/mol. The van der Waals surface area contributed by atoms with Crippen LogP contribution in [0, 0.1) is 0 Å². The van der Waals surface area contributed by atoms with E-state index >= 15 is 0 Å². The van der Waals surface area contributed by atoms with Crippen LogP contribution in [0.2, 0.25) is 0 Å². The highest BCUT2D eigenvalue weighted by atomic mass is 33.1. The molecular formula is C26H28N2O8S2. The van der Waals surface area contributed by atoms with Crippen molar-refractivity contribution < 1.29 is 38.1 Å². The number of carbonyl (C=O) groups is 4. The van der Waals surface area contributed by atoms with Crippen molar-refractivity contribution in [2.24, 2.45) is 0 Å². The van der Waals surface area contributed by atoms with Crippen molar-refractivity contribution in [2.75, 3.05) is 0 Å². The van der Waals surface area contributed by atoms with Crippen molar-refractivity contribution in [3.63, 3.8) is 0 Å². The fourth-order valence-corrected chi connectivity index (χ4v) is 11.1. The predicted octanol–water partition coefficient (Wildman–Crippen LogP) is 1.83. The van der Waals surface area contributed by atoms with E-state index in [9.17, 15) is 19.2 Å². The molecule has 10 unspecified atom stereocenters. The van der Waals surface area contributed by atoms with Crippen LogP contribution in [0.5, 0.6) is 0 Å². The average Bonchev–Trinajstić information content (AvgIpc) is 3.78. The molecule has 2 amide bonds. The summed E-state index contributed by atoms with van der Waals surface area (Å²) >= 11 is 0. The first kappa shape index (κ1) is 23.8. The smallest absolute Gasteiger partial charge is 0.306 e. The van der Waals surface area contributed by atoms with Crippen LogP contribution in [-0.2, 0) is 38.1 Å². The van der Waals surface area contributed by atoms with Crippen LogP contribution in [0.4, 0.5) is 0 Å². The van der Waals surface area contributed by atoms with Crippen molar-refractivity contribution in [3.8, 4) is 0 Å². The number of rotatable bonds is 6. The Bertz CT molecular complexity index is 1160. The van der Waals surface area contributed by atoms with E-state index in [4.69, 9.17) is 18.9 Å². The third-order valence-electron chi connectivity index (χ3n) is 9.00. The summed E-state index contributed by atoms with van der Waals surface area (Å²) in [6, 6.07) is -0.649. The van der Waals surface area contributed by atoms with E-state index in [0.717, 1.165) is 11.1 Å². The molecule has 0 aromatic heterocycles. The second kappa shape index (κ2) is 7.80. The fourth-order valence-electron chi connectivity index (χ4n) is 7.36. The molecule has 12 heteroatoms. The molecule has 0 N–H and O–H groups in total. The van der Waals surface area contributed by atoms with Gasteiger partial charge in [-0.05, 0) is 36.1 Å². The van der Waals surface area contributed by atoms with Gasteiger partial charge in [0.25, 0.3) is 11.8 Å². The molecule has 0 aromatic rings. The van der Waals surface area contributed by atoms with Gasteiger partial charge in [-0.25, -0.2) is 0 Å². The Kier molecular flexibility index (Phi) is 4.89. The lowest BCUT2D eigenvalue weighted by atomic mass is 9.91. The lowest BCUT2D eigenvalue weighted by Crippen LogP contribution is -2.76. The van der Waals surface area contributed by atoms with Crippen LogP contribution in [0.25, 0.3) is 0 Å². The topological polar surface area (TPSA) is 118 Å². The number of esters is 2. The Morgan fingerprint density at radius 2 is 1.24 bits per heavy atom. The maximum atomic E-state index is 14.4. The normalized spacial score (nSPS) is 46.2. The summed E-state index contributed by atoms with van der Waals surface area (Å²) in [4.78, 5) is 54.5. The standard InChI is InChI=1S/C26H28N2O8S2/c1-3-5-15(29)33-13-7-11-9-25-23(31)28-18-12(8-14(20-22(18)36-20)34-16(30)6-4-2)10-26(28,38-37-25)24(32)27(25)17(11)21-19(13)35-21/h7-8,13-14,17-22H,3-6,9-10H2,1-2H3. The maximum Gasteiger partial charge on any atom is 0.306 e. The lowest BCUT2D eigenvalue weighted by Gasteiger charge is -2.58. The highest BCUT2D eigenvalue weighted by Crippen LogP contribution is 2.71. The zero-order valence-corrected chi connectivity index (χ0v) is 22.6. The number of hydrogen-bond donors (Lipinski definition) is 0. The van der Waals surface area contributed by atoms with E-state index in [-0.39, 0.29) is 60.3 Å². The molecule has 10 nitrogen and oxygen atoms in total. The largest absolute Gasteiger partial charge is 0.455 e. The molecule has 7 saturated heterocycles. The first-order chi connectivity index (χ1) is 18.3. The number of piperazine rings is 1. The molecule has 10 atom stereocenters. The van der Waals surface area contributed by atoms with Gasteiger partial charge in [0.15, 0.2) is 9.74 Å². The van der Waals surface area contributed by atoms with E-state index in [1.165, 1.54) is 21.6 Å². The van der Waals surface area contributed by atoms with Crippen LogP contribution in [0.15, 0.2) is 23.3 Å². The SMILES string of the molecule is CCCC(=O)OC1C=C2CC34SSC5(CC6=CC(OC(=O)CCC)C7OC7C6N5C3=O)C(=O)N4C2C2OC12. The molecule has 202 valence electrons. The van der Waals surface area contributed by atoms with Crippen molar-refractivity contribution in [1.29, 1.82) is 0 Å². The number of fused-ring (bicyclic) bond motifs is 7. The van der Waals surface area contributed by atoms with E-state index in [0.29, 0.717) is 38.5 Å². The molecule has 0 aromatic carbocycles. The highest BCUT2D eigenvalue weighted by Gasteiger charge is 2.80. The third-order valence-corrected chi connectivity index (χ3v) is 12.6. The summed E-state index contributed by atoms with van der Waals surface area (Å²) in [7, 11) is 2.94. The minimum absolute atomic E-state index is 0.0723. The van der Waals surface area contributed by atoms with E-state index in [1.807, 2.05) is 26.0 Å². The second-order valence-electron chi connectivity index (χ2n) is 11.4. The maximum absolute atomic E-state index is 14.4. The number of carbonyl (C=O) groups excluding carboxylic acids is 4. The van der Waals surface area contributed by atoms with Gasteiger partial charge in [0, 0.05) is 25.7 Å². The quantitative estimate of drug-likeness (QED) is 0.206. The van der Waals surface area contributed by atoms with Gasteiger partial charge >= 0.3 is 11.9 Å². The molecule has 0 radical (unpaired) electrons. The zero-order chi connectivity index (χ0) is 26.1. The van der Waals surface area contributed by atoms with Crippen LogP contribution >= 0.6 is 21.6 Å². The van der Waals surface area contributed by atoms with Gasteiger partial charge in [-0.15, -0.1) is 0 Å². The monoisotopic (exact) mass is 560 g/mol. The van der Waals surface area contributed by atoms with E-state index in [1.54, 1.807) is 9.80 Å². The van der Waals surface area contributed by atoms with Gasteiger partial charge in [0.05, 0.1) is 12.1 Å². The van der Waals surface area contributed by atoms with Crippen LogP contribution in [0.1, 0.15) is 52.4 Å². The summed E-state index contributed by atoms with van der Waals surface area (Å²) in [5, 5.41) is 0. The first-order valence-corrected chi connectivity index (χ1v) is 15.6. The third kappa shape index (κ3) is 2.90. The van der Waals surface area contributed by atoms with Gasteiger partial charge in [-0.1, -0.05) is 35.4 Å². The van der Waals surface area contributed by atoms with Gasteiger partial charge < -0.3 is 28.7 Å². The molecule has 7 aliphatic heterocycles. The Labute approximate surface area is 227 Å². The highest BCUT2D eigenvalue weighted by molar-refractivity contribution is 8.78. The Morgan fingerprint density at radius 3 is 1.63 bits per heavy atom. The first-order valence-electron chi connectivity index (χ1n) is 13.5. The molecule has 7 fully saturated rings. The number of ether oxygens (including phenoxy) is 4. The number of nitrogens with zero attached hydrogens (tertiary/aromatic N) is 2. The fraction of sp³-hybridized carbons (Fsp3) is 0.692. The minimum Gasteiger partial charge on any atom is -0.455 e. The summed E-state index contributed by atoms with van der Waals surface area (Å²) < 4.78 is 23.3. The number of epoxide rings is 2. The van der Waals surface area contributed by atoms with Crippen molar-refractivity contribution in [3.05, 3.63) is 23.3 Å². The van der Waals surface area contributed by atoms with Gasteiger partial charge in [-0.3, -0.25) is 19.2 Å².